The van der Waals surface area contributed by atoms with E-state index < -0.39 is 0 Å². The molecule has 1 fully saturated rings. The van der Waals surface area contributed by atoms with E-state index in [1.807, 2.05) is 24.0 Å². The third-order valence-electron chi connectivity index (χ3n) is 3.40. The van der Waals surface area contributed by atoms with E-state index in [0.717, 1.165) is 30.3 Å². The van der Waals surface area contributed by atoms with E-state index in [0.29, 0.717) is 5.92 Å². The molecule has 19 heavy (non-hydrogen) atoms. The first-order valence-electron chi connectivity index (χ1n) is 6.84. The van der Waals surface area contributed by atoms with E-state index in [1.54, 1.807) is 0 Å². The minimum absolute atomic E-state index is 0.589. The lowest BCUT2D eigenvalue weighted by atomic mass is 10.2. The van der Waals surface area contributed by atoms with E-state index >= 15 is 0 Å². The molecule has 3 rings (SSSR count). The average Bonchev–Trinajstić information content (AvgIpc) is 3.21. The van der Waals surface area contributed by atoms with Gasteiger partial charge in [0.15, 0.2) is 0 Å². The fourth-order valence-electron chi connectivity index (χ4n) is 2.23. The van der Waals surface area contributed by atoms with Crippen molar-refractivity contribution >= 4 is 5.82 Å². The SMILES string of the molecule is CCc1nn(C)cc1CNc1ccnc(C2CC2)n1. The summed E-state index contributed by atoms with van der Waals surface area (Å²) in [5.41, 5.74) is 2.38. The predicted molar refractivity (Wildman–Crippen MR) is 73.9 cm³/mol. The Bertz CT molecular complexity index is 571. The molecule has 1 N–H and O–H groups in total. The summed E-state index contributed by atoms with van der Waals surface area (Å²) in [6, 6.07) is 1.92. The van der Waals surface area contributed by atoms with Gasteiger partial charge in [0.05, 0.1) is 5.69 Å². The van der Waals surface area contributed by atoms with Gasteiger partial charge in [0.2, 0.25) is 0 Å². The van der Waals surface area contributed by atoms with Crippen molar-refractivity contribution < 1.29 is 0 Å². The zero-order valence-electron chi connectivity index (χ0n) is 11.4. The van der Waals surface area contributed by atoms with Crippen LogP contribution >= 0.6 is 0 Å². The summed E-state index contributed by atoms with van der Waals surface area (Å²) in [5.74, 6) is 2.47. The van der Waals surface area contributed by atoms with Crippen LogP contribution in [0.2, 0.25) is 0 Å². The molecular formula is C14H19N5. The highest BCUT2D eigenvalue weighted by molar-refractivity contribution is 5.35. The number of hydrogen-bond donors (Lipinski definition) is 1. The third-order valence-corrected chi connectivity index (χ3v) is 3.40. The third kappa shape index (κ3) is 2.75. The van der Waals surface area contributed by atoms with Crippen molar-refractivity contribution in [1.82, 2.24) is 19.7 Å². The Hall–Kier alpha value is -1.91. The quantitative estimate of drug-likeness (QED) is 0.892. The lowest BCUT2D eigenvalue weighted by Crippen LogP contribution is -2.04. The van der Waals surface area contributed by atoms with Gasteiger partial charge in [-0.1, -0.05) is 6.92 Å². The second-order valence-electron chi connectivity index (χ2n) is 5.06. The van der Waals surface area contributed by atoms with Gasteiger partial charge in [0, 0.05) is 37.5 Å². The molecule has 1 aliphatic rings. The number of nitrogens with zero attached hydrogens (tertiary/aromatic N) is 4. The maximum absolute atomic E-state index is 4.56. The van der Waals surface area contributed by atoms with Crippen LogP contribution in [0.3, 0.4) is 0 Å². The fourth-order valence-corrected chi connectivity index (χ4v) is 2.23. The van der Waals surface area contributed by atoms with Gasteiger partial charge in [-0.3, -0.25) is 4.68 Å². The van der Waals surface area contributed by atoms with Crippen LogP contribution in [-0.4, -0.2) is 19.7 Å². The molecule has 0 aliphatic heterocycles. The van der Waals surface area contributed by atoms with Crippen molar-refractivity contribution in [3.63, 3.8) is 0 Å². The standard InChI is InChI=1S/C14H19N5/c1-3-12-11(9-19(2)18-12)8-16-13-6-7-15-14(17-13)10-4-5-10/h6-7,9-10H,3-5,8H2,1-2H3,(H,15,16,17). The van der Waals surface area contributed by atoms with Crippen LogP contribution in [0.15, 0.2) is 18.5 Å². The largest absolute Gasteiger partial charge is 0.366 e. The highest BCUT2D eigenvalue weighted by Gasteiger charge is 2.26. The Morgan fingerprint density at radius 2 is 2.26 bits per heavy atom. The van der Waals surface area contributed by atoms with E-state index in [2.05, 4.69) is 33.5 Å². The van der Waals surface area contributed by atoms with Crippen molar-refractivity contribution in [2.75, 3.05) is 5.32 Å². The van der Waals surface area contributed by atoms with E-state index in [4.69, 9.17) is 0 Å². The number of anilines is 1. The highest BCUT2D eigenvalue weighted by Crippen LogP contribution is 2.38. The smallest absolute Gasteiger partial charge is 0.133 e. The highest BCUT2D eigenvalue weighted by atomic mass is 15.3. The number of aryl methyl sites for hydroxylation is 2. The molecule has 2 aromatic rings. The fraction of sp³-hybridized carbons (Fsp3) is 0.500. The normalized spacial score (nSPS) is 14.6. The summed E-state index contributed by atoms with van der Waals surface area (Å²) >= 11 is 0. The van der Waals surface area contributed by atoms with Gasteiger partial charge in [-0.15, -0.1) is 0 Å². The van der Waals surface area contributed by atoms with Crippen molar-refractivity contribution in [1.29, 1.82) is 0 Å². The molecule has 2 heterocycles. The van der Waals surface area contributed by atoms with Crippen LogP contribution in [-0.2, 0) is 20.0 Å². The number of hydrogen-bond acceptors (Lipinski definition) is 4. The first-order valence-corrected chi connectivity index (χ1v) is 6.84. The van der Waals surface area contributed by atoms with Gasteiger partial charge in [0.1, 0.15) is 11.6 Å². The van der Waals surface area contributed by atoms with Crippen LogP contribution in [0.4, 0.5) is 5.82 Å². The maximum Gasteiger partial charge on any atom is 0.133 e. The molecule has 100 valence electrons. The molecule has 2 aromatic heterocycles. The lowest BCUT2D eigenvalue weighted by molar-refractivity contribution is 0.746. The van der Waals surface area contributed by atoms with E-state index in [1.165, 1.54) is 18.4 Å². The van der Waals surface area contributed by atoms with Crippen molar-refractivity contribution in [2.24, 2.45) is 7.05 Å². The Morgan fingerprint density at radius 1 is 1.42 bits per heavy atom. The molecule has 0 atom stereocenters. The van der Waals surface area contributed by atoms with Gasteiger partial charge < -0.3 is 5.32 Å². The second kappa shape index (κ2) is 4.99. The average molecular weight is 257 g/mol. The summed E-state index contributed by atoms with van der Waals surface area (Å²) in [6.45, 7) is 2.89. The molecule has 5 nitrogen and oxygen atoms in total. The first-order chi connectivity index (χ1) is 9.26. The van der Waals surface area contributed by atoms with Gasteiger partial charge >= 0.3 is 0 Å². The molecule has 0 bridgehead atoms. The molecule has 0 amide bonds. The predicted octanol–water partition coefficient (Wildman–Crippen LogP) is 2.26. The van der Waals surface area contributed by atoms with Gasteiger partial charge in [0.25, 0.3) is 0 Å². The number of nitrogens with one attached hydrogen (secondary N) is 1. The molecule has 0 spiro atoms. The van der Waals surface area contributed by atoms with Gasteiger partial charge in [-0.05, 0) is 25.3 Å². The molecule has 0 aromatic carbocycles. The molecule has 0 saturated heterocycles. The molecule has 0 radical (unpaired) electrons. The van der Waals surface area contributed by atoms with Crippen molar-refractivity contribution in [3.8, 4) is 0 Å². The van der Waals surface area contributed by atoms with Crippen LogP contribution in [0.5, 0.6) is 0 Å². The summed E-state index contributed by atoms with van der Waals surface area (Å²) in [4.78, 5) is 8.89. The molecule has 1 aliphatic carbocycles. The van der Waals surface area contributed by atoms with Gasteiger partial charge in [-0.2, -0.15) is 5.10 Å². The van der Waals surface area contributed by atoms with Crippen LogP contribution in [0.25, 0.3) is 0 Å². The van der Waals surface area contributed by atoms with Crippen molar-refractivity contribution in [3.05, 3.63) is 35.5 Å². The Kier molecular flexibility index (Phi) is 3.19. The van der Waals surface area contributed by atoms with Crippen molar-refractivity contribution in [2.45, 2.75) is 38.6 Å². The number of rotatable bonds is 5. The molecular weight excluding hydrogens is 238 g/mol. The van der Waals surface area contributed by atoms with Gasteiger partial charge in [-0.25, -0.2) is 9.97 Å². The summed E-state index contributed by atoms with van der Waals surface area (Å²) in [5, 5.41) is 7.81. The van der Waals surface area contributed by atoms with Crippen LogP contribution < -0.4 is 5.32 Å². The Morgan fingerprint density at radius 3 is 3.00 bits per heavy atom. The maximum atomic E-state index is 4.56. The lowest BCUT2D eigenvalue weighted by Gasteiger charge is -2.06. The van der Waals surface area contributed by atoms with Crippen LogP contribution in [0.1, 0.15) is 42.8 Å². The zero-order valence-corrected chi connectivity index (χ0v) is 11.4. The minimum atomic E-state index is 0.589. The summed E-state index contributed by atoms with van der Waals surface area (Å²) in [7, 11) is 1.96. The minimum Gasteiger partial charge on any atom is -0.366 e. The Labute approximate surface area is 113 Å². The topological polar surface area (TPSA) is 55.6 Å². The number of aromatic nitrogens is 4. The second-order valence-corrected chi connectivity index (χ2v) is 5.06. The van der Waals surface area contributed by atoms with E-state index in [9.17, 15) is 0 Å². The summed E-state index contributed by atoms with van der Waals surface area (Å²) in [6.07, 6.45) is 7.31. The Balaban J connectivity index is 1.69. The molecule has 0 unspecified atom stereocenters. The zero-order chi connectivity index (χ0) is 13.2. The first kappa shape index (κ1) is 12.1. The summed E-state index contributed by atoms with van der Waals surface area (Å²) < 4.78 is 1.87. The van der Waals surface area contributed by atoms with Crippen LogP contribution in [0, 0.1) is 0 Å². The van der Waals surface area contributed by atoms with E-state index in [-0.39, 0.29) is 0 Å². The molecule has 5 heteroatoms. The molecule has 1 saturated carbocycles. The monoisotopic (exact) mass is 257 g/mol.